The number of esters is 2. The number of carbonyl (C=O) groups is 6. The molecule has 0 bridgehead atoms. The molecule has 23 nitrogen and oxygen atoms in total. The maximum atomic E-state index is 12.9. The molecule has 0 aromatic heterocycles. The standard InChI is InChI=1S/C43H69N5O18S2/c1-24(49)47-33-29(52)20-42(40(59)61-3,65-37(33)35(56)31(54)22-44)63-14-6-17-67-16-5-8-28(51)26-9-11-27(12-10-26)39(58)46-13-19-68-18-7-15-64-43(41(60)62-4)21-30(53)34(48-25(2)50)38(66-43)36(57)32(55)23-45/h9-12,29-38,52-57H,5-8,13-23,44-45H2,1-4H3,(H,46,58)(H,47,49)(H,48,50)/t29-,30+,31-,32-,33-,34-,35-,36-,37?,38?,42-,43-/m1/s1. The summed E-state index contributed by atoms with van der Waals surface area (Å²) in [5.74, 6) is -5.42. The van der Waals surface area contributed by atoms with Gasteiger partial charge in [0.15, 0.2) is 5.78 Å². The third kappa shape index (κ3) is 16.8. The highest BCUT2D eigenvalue weighted by Gasteiger charge is 2.57. The number of nitrogens with one attached hydrogen (secondary N) is 3. The first kappa shape index (κ1) is 58.8. The minimum Gasteiger partial charge on any atom is -0.465 e. The summed E-state index contributed by atoms with van der Waals surface area (Å²) in [7, 11) is 2.20. The van der Waals surface area contributed by atoms with E-state index in [2.05, 4.69) is 16.0 Å². The van der Waals surface area contributed by atoms with Crippen LogP contribution in [0, 0.1) is 0 Å². The normalized spacial score (nSPS) is 26.6. The lowest BCUT2D eigenvalue weighted by Gasteiger charge is -2.47. The second-order valence-electron chi connectivity index (χ2n) is 16.2. The van der Waals surface area contributed by atoms with Gasteiger partial charge in [-0.05, 0) is 48.7 Å². The maximum Gasteiger partial charge on any atom is 0.366 e. The summed E-state index contributed by atoms with van der Waals surface area (Å²) in [5, 5.41) is 71.4. The van der Waals surface area contributed by atoms with Crippen molar-refractivity contribution in [3.05, 3.63) is 35.4 Å². The number of benzene rings is 1. The zero-order chi connectivity index (χ0) is 50.6. The van der Waals surface area contributed by atoms with Crippen LogP contribution in [-0.4, -0.2) is 209 Å². The molecule has 2 heterocycles. The Bertz CT molecular complexity index is 1660. The van der Waals surface area contributed by atoms with E-state index in [4.69, 9.17) is 39.9 Å². The number of hydrogen-bond donors (Lipinski definition) is 11. The summed E-state index contributed by atoms with van der Waals surface area (Å²) in [5.41, 5.74) is 11.8. The molecular formula is C43H69N5O18S2. The third-order valence-electron chi connectivity index (χ3n) is 11.1. The summed E-state index contributed by atoms with van der Waals surface area (Å²) in [6.45, 7) is 1.96. The molecule has 12 atom stereocenters. The lowest BCUT2D eigenvalue weighted by molar-refractivity contribution is -0.311. The quantitative estimate of drug-likeness (QED) is 0.0217. The number of thioether (sulfide) groups is 2. The van der Waals surface area contributed by atoms with E-state index >= 15 is 0 Å². The monoisotopic (exact) mass is 1010 g/mol. The average Bonchev–Trinajstić information content (AvgIpc) is 3.32. The van der Waals surface area contributed by atoms with Crippen LogP contribution >= 0.6 is 23.5 Å². The Morgan fingerprint density at radius 2 is 1.10 bits per heavy atom. The second-order valence-corrected chi connectivity index (χ2v) is 18.7. The highest BCUT2D eigenvalue weighted by molar-refractivity contribution is 7.99. The predicted octanol–water partition coefficient (Wildman–Crippen LogP) is -2.93. The van der Waals surface area contributed by atoms with Crippen molar-refractivity contribution in [1.29, 1.82) is 0 Å². The number of methoxy groups -OCH3 is 2. The number of amides is 3. The van der Waals surface area contributed by atoms with E-state index in [1.165, 1.54) is 25.6 Å². The molecule has 0 spiro atoms. The Hall–Kier alpha value is -3.54. The van der Waals surface area contributed by atoms with Gasteiger partial charge in [0.1, 0.15) is 24.4 Å². The van der Waals surface area contributed by atoms with Gasteiger partial charge in [0.25, 0.3) is 17.5 Å². The number of carbonyl (C=O) groups excluding carboxylic acids is 6. The summed E-state index contributed by atoms with van der Waals surface area (Å²) >= 11 is 3.05. The molecule has 2 unspecified atom stereocenters. The van der Waals surface area contributed by atoms with Crippen molar-refractivity contribution in [2.75, 3.05) is 70.1 Å². The number of hydrogen-bond acceptors (Lipinski definition) is 22. The van der Waals surface area contributed by atoms with Crippen molar-refractivity contribution < 1.29 is 87.8 Å². The molecule has 1 aromatic rings. The van der Waals surface area contributed by atoms with E-state index in [9.17, 15) is 59.4 Å². The Labute approximate surface area is 403 Å². The van der Waals surface area contributed by atoms with Gasteiger partial charge in [-0.1, -0.05) is 12.1 Å². The van der Waals surface area contributed by atoms with Crippen molar-refractivity contribution >= 4 is 59.0 Å². The molecule has 0 saturated carbocycles. The van der Waals surface area contributed by atoms with Gasteiger partial charge in [-0.2, -0.15) is 23.5 Å². The topological polar surface area (TPSA) is 367 Å². The number of Topliss-reactive ketones (excluding diaryl/α,β-unsaturated/α-hetero) is 1. The highest BCUT2D eigenvalue weighted by atomic mass is 32.2. The van der Waals surface area contributed by atoms with Crippen molar-refractivity contribution in [1.82, 2.24) is 16.0 Å². The molecule has 13 N–H and O–H groups in total. The SMILES string of the molecule is COC(=O)[C@@]1(OCCCSCCCC(=O)c2ccc(C(=O)NCCSCCCO[C@]3(C(=O)OC)C[C@H](O)[C@@H](NC(C)=O)C([C@H](O)[C@H](O)CN)O3)cc2)C[C@@H](O)[C@@H](NC(C)=O)C([C@H](O)[C@H](O)CN)O1. The smallest absolute Gasteiger partial charge is 0.366 e. The van der Waals surface area contributed by atoms with Crippen LogP contribution in [0.15, 0.2) is 24.3 Å². The van der Waals surface area contributed by atoms with Crippen molar-refractivity contribution in [2.45, 2.75) is 125 Å². The first-order valence-electron chi connectivity index (χ1n) is 22.2. The van der Waals surface area contributed by atoms with E-state index in [-0.39, 0.29) is 44.4 Å². The van der Waals surface area contributed by atoms with E-state index in [0.717, 1.165) is 14.2 Å². The van der Waals surface area contributed by atoms with E-state index in [0.29, 0.717) is 59.9 Å². The molecule has 2 fully saturated rings. The van der Waals surface area contributed by atoms with E-state index in [1.807, 2.05) is 0 Å². The lowest BCUT2D eigenvalue weighted by atomic mass is 9.88. The van der Waals surface area contributed by atoms with Gasteiger partial charge in [-0.25, -0.2) is 9.59 Å². The summed E-state index contributed by atoms with van der Waals surface area (Å²) in [6, 6.07) is 3.96. The van der Waals surface area contributed by atoms with Gasteiger partial charge >= 0.3 is 11.9 Å². The molecule has 3 rings (SSSR count). The molecule has 25 heteroatoms. The predicted molar refractivity (Wildman–Crippen MR) is 246 cm³/mol. The largest absolute Gasteiger partial charge is 0.465 e. The van der Waals surface area contributed by atoms with Crippen LogP contribution in [0.4, 0.5) is 0 Å². The Kier molecular flexibility index (Phi) is 25.0. The van der Waals surface area contributed by atoms with Crippen LogP contribution in [0.3, 0.4) is 0 Å². The van der Waals surface area contributed by atoms with Gasteiger partial charge < -0.3 is 86.5 Å². The van der Waals surface area contributed by atoms with Gasteiger partial charge in [0, 0.05) is 69.6 Å². The summed E-state index contributed by atoms with van der Waals surface area (Å²) < 4.78 is 33.2. The van der Waals surface area contributed by atoms with E-state index in [1.54, 1.807) is 36.0 Å². The molecule has 68 heavy (non-hydrogen) atoms. The molecule has 0 radical (unpaired) electrons. The van der Waals surface area contributed by atoms with Crippen molar-refractivity contribution in [3.63, 3.8) is 0 Å². The van der Waals surface area contributed by atoms with Crippen molar-refractivity contribution in [3.8, 4) is 0 Å². The zero-order valence-electron chi connectivity index (χ0n) is 38.7. The number of aliphatic hydroxyl groups excluding tert-OH is 6. The van der Waals surface area contributed by atoms with Gasteiger partial charge in [0.05, 0.1) is 63.9 Å². The molecule has 2 aliphatic rings. The molecular weight excluding hydrogens is 939 g/mol. The molecule has 1 aromatic carbocycles. The maximum absolute atomic E-state index is 12.9. The minimum absolute atomic E-state index is 0.0119. The van der Waals surface area contributed by atoms with Crippen LogP contribution < -0.4 is 27.4 Å². The zero-order valence-corrected chi connectivity index (χ0v) is 40.4. The van der Waals surface area contributed by atoms with Gasteiger partial charge in [-0.3, -0.25) is 19.2 Å². The molecule has 386 valence electrons. The Morgan fingerprint density at radius 1 is 0.691 bits per heavy atom. The lowest BCUT2D eigenvalue weighted by Crippen LogP contribution is -2.68. The fourth-order valence-electron chi connectivity index (χ4n) is 7.54. The second kappa shape index (κ2) is 29.0. The van der Waals surface area contributed by atoms with Crippen molar-refractivity contribution in [2.24, 2.45) is 11.5 Å². The van der Waals surface area contributed by atoms with E-state index < -0.39 is 109 Å². The van der Waals surface area contributed by atoms with Gasteiger partial charge in [-0.15, -0.1) is 0 Å². The average molecular weight is 1010 g/mol. The highest BCUT2D eigenvalue weighted by Crippen LogP contribution is 2.36. The van der Waals surface area contributed by atoms with Crippen LogP contribution in [0.25, 0.3) is 0 Å². The Morgan fingerprint density at radius 3 is 1.51 bits per heavy atom. The van der Waals surface area contributed by atoms with Crippen LogP contribution in [0.2, 0.25) is 0 Å². The summed E-state index contributed by atoms with van der Waals surface area (Å²) in [4.78, 5) is 75.0. The number of aliphatic hydroxyl groups is 6. The molecule has 2 aliphatic heterocycles. The Balaban J connectivity index is 1.36. The fraction of sp³-hybridized carbons (Fsp3) is 0.721. The first-order valence-corrected chi connectivity index (χ1v) is 24.5. The summed E-state index contributed by atoms with van der Waals surface area (Å²) in [6.07, 6.45) is -11.3. The molecule has 3 amide bonds. The van der Waals surface area contributed by atoms with Gasteiger partial charge in [0.2, 0.25) is 11.8 Å². The first-order chi connectivity index (χ1) is 32.3. The number of ether oxygens (including phenoxy) is 6. The van der Waals surface area contributed by atoms with Crippen LogP contribution in [-0.2, 0) is 47.6 Å². The fourth-order valence-corrected chi connectivity index (χ4v) is 9.18. The van der Waals surface area contributed by atoms with Crippen LogP contribution in [0.1, 0.15) is 73.1 Å². The third-order valence-corrected chi connectivity index (χ3v) is 13.3. The number of ketones is 1. The minimum atomic E-state index is -2.14. The molecule has 0 aliphatic carbocycles. The number of rotatable bonds is 29. The number of nitrogens with two attached hydrogens (primary N) is 2. The molecule has 2 saturated heterocycles. The van der Waals surface area contributed by atoms with Crippen LogP contribution in [0.5, 0.6) is 0 Å².